The van der Waals surface area contributed by atoms with E-state index in [9.17, 15) is 9.67 Å². The van der Waals surface area contributed by atoms with Crippen LogP contribution >= 0.6 is 19.4 Å². The van der Waals surface area contributed by atoms with Gasteiger partial charge >= 0.3 is 7.82 Å². The Balaban J connectivity index is 2.44. The molecule has 0 aromatic carbocycles. The van der Waals surface area contributed by atoms with E-state index in [4.69, 9.17) is 31.2 Å². The number of aliphatic hydroxyl groups excluding tert-OH is 2. The van der Waals surface area contributed by atoms with Crippen LogP contribution in [-0.4, -0.2) is 50.5 Å². The van der Waals surface area contributed by atoms with Crippen LogP contribution in [0.25, 0.3) is 0 Å². The van der Waals surface area contributed by atoms with E-state index in [-0.39, 0.29) is 0 Å². The van der Waals surface area contributed by atoms with E-state index in [1.807, 2.05) is 0 Å². The van der Waals surface area contributed by atoms with Crippen molar-refractivity contribution in [2.75, 3.05) is 6.61 Å². The summed E-state index contributed by atoms with van der Waals surface area (Å²) in [6.07, 6.45) is -3.65. The Kier molecular flexibility index (Phi) is 3.90. The van der Waals surface area contributed by atoms with Crippen molar-refractivity contribution < 1.29 is 33.8 Å². The molecule has 14 heavy (non-hydrogen) atoms. The van der Waals surface area contributed by atoms with Crippen molar-refractivity contribution in [2.24, 2.45) is 0 Å². The lowest BCUT2D eigenvalue weighted by molar-refractivity contribution is -0.00868. The van der Waals surface area contributed by atoms with E-state index in [2.05, 4.69) is 4.52 Å². The molecule has 0 amide bonds. The third kappa shape index (κ3) is 3.15. The summed E-state index contributed by atoms with van der Waals surface area (Å²) in [6, 6.07) is 0. The van der Waals surface area contributed by atoms with Crippen LogP contribution in [0.1, 0.15) is 0 Å². The summed E-state index contributed by atoms with van der Waals surface area (Å²) in [4.78, 5) is 16.7. The Labute approximate surface area is 84.5 Å². The number of hydrogen-bond acceptors (Lipinski definition) is 5. The third-order valence-electron chi connectivity index (χ3n) is 1.71. The molecule has 1 heterocycles. The van der Waals surface area contributed by atoms with Crippen LogP contribution in [0, 0.1) is 0 Å². The molecule has 7 nitrogen and oxygen atoms in total. The van der Waals surface area contributed by atoms with Gasteiger partial charge in [-0.15, -0.1) is 0 Å². The fourth-order valence-electron chi connectivity index (χ4n) is 1.01. The van der Waals surface area contributed by atoms with Gasteiger partial charge in [-0.25, -0.2) is 4.57 Å². The first-order chi connectivity index (χ1) is 6.31. The number of aliphatic hydroxyl groups is 2. The number of halogens is 1. The van der Waals surface area contributed by atoms with E-state index < -0.39 is 38.3 Å². The van der Waals surface area contributed by atoms with Crippen molar-refractivity contribution in [1.29, 1.82) is 0 Å². The molecule has 1 fully saturated rings. The van der Waals surface area contributed by atoms with Crippen molar-refractivity contribution in [3.8, 4) is 0 Å². The maximum atomic E-state index is 10.3. The largest absolute Gasteiger partial charge is 0.469 e. The fourth-order valence-corrected chi connectivity index (χ4v) is 1.63. The smallest absolute Gasteiger partial charge is 0.387 e. The first-order valence-electron chi connectivity index (χ1n) is 3.67. The van der Waals surface area contributed by atoms with E-state index in [1.165, 1.54) is 0 Å². The normalized spacial score (nSPS) is 38.9. The maximum absolute atomic E-state index is 10.3. The van der Waals surface area contributed by atoms with E-state index in [0.29, 0.717) is 0 Å². The average Bonchev–Trinajstić information content (AvgIpc) is 2.28. The topological polar surface area (TPSA) is 116 Å². The molecule has 1 saturated heterocycles. The van der Waals surface area contributed by atoms with Crippen LogP contribution in [-0.2, 0) is 13.8 Å². The van der Waals surface area contributed by atoms with E-state index in [1.54, 1.807) is 0 Å². The Morgan fingerprint density at radius 3 is 2.29 bits per heavy atom. The molecule has 4 N–H and O–H groups in total. The van der Waals surface area contributed by atoms with Gasteiger partial charge in [0.05, 0.1) is 6.61 Å². The standard InChI is InChI=1S/C5H10ClO7P/c6-5-4(8)3(7)2(13-5)1-12-14(9,10)11/h2-5,7-8H,1H2,(H2,9,10,11)/t2-,3-,4-,5?/m1/s1. The van der Waals surface area contributed by atoms with Crippen molar-refractivity contribution in [3.63, 3.8) is 0 Å². The summed E-state index contributed by atoms with van der Waals surface area (Å²) in [5, 5.41) is 18.3. The average molecular weight is 249 g/mol. The third-order valence-corrected chi connectivity index (χ3v) is 2.56. The molecule has 9 heteroatoms. The highest BCUT2D eigenvalue weighted by molar-refractivity contribution is 7.46. The van der Waals surface area contributed by atoms with Crippen LogP contribution in [0.4, 0.5) is 0 Å². The summed E-state index contributed by atoms with van der Waals surface area (Å²) in [5.41, 5.74) is -1.10. The molecular formula is C5H10ClO7P. The Bertz CT molecular complexity index is 242. The Morgan fingerprint density at radius 2 is 1.93 bits per heavy atom. The van der Waals surface area contributed by atoms with Gasteiger partial charge < -0.3 is 24.7 Å². The summed E-state index contributed by atoms with van der Waals surface area (Å²) < 4.78 is 19.2. The zero-order valence-electron chi connectivity index (χ0n) is 6.86. The minimum absolute atomic E-state index is 0.536. The van der Waals surface area contributed by atoms with Gasteiger partial charge in [0.15, 0.2) is 5.56 Å². The number of rotatable bonds is 3. The zero-order chi connectivity index (χ0) is 10.9. The second-order valence-electron chi connectivity index (χ2n) is 2.79. The number of hydrogen-bond donors (Lipinski definition) is 4. The van der Waals surface area contributed by atoms with Gasteiger partial charge in [-0.1, -0.05) is 11.6 Å². The molecule has 0 spiro atoms. The lowest BCUT2D eigenvalue weighted by Gasteiger charge is -2.14. The van der Waals surface area contributed by atoms with Crippen molar-refractivity contribution in [2.45, 2.75) is 23.9 Å². The molecular weight excluding hydrogens is 238 g/mol. The van der Waals surface area contributed by atoms with Gasteiger partial charge in [-0.3, -0.25) is 4.52 Å². The predicted octanol–water partition coefficient (Wildman–Crippen LogP) is -1.22. The number of phosphoric acid groups is 1. The molecule has 1 aliphatic heterocycles. The van der Waals surface area contributed by atoms with Crippen LogP contribution < -0.4 is 0 Å². The summed E-state index contributed by atoms with van der Waals surface area (Å²) in [6.45, 7) is -0.536. The number of ether oxygens (including phenoxy) is 1. The van der Waals surface area contributed by atoms with Gasteiger partial charge in [0.2, 0.25) is 0 Å². The summed E-state index contributed by atoms with van der Waals surface area (Å²) in [5.74, 6) is 0. The molecule has 0 radical (unpaired) electrons. The van der Waals surface area contributed by atoms with Crippen molar-refractivity contribution >= 4 is 19.4 Å². The SMILES string of the molecule is O=P(O)(O)OC[C@H]1OC(Cl)[C@H](O)[C@@H]1O. The lowest BCUT2D eigenvalue weighted by Crippen LogP contribution is -2.33. The molecule has 1 aliphatic rings. The maximum Gasteiger partial charge on any atom is 0.469 e. The molecule has 1 rings (SSSR count). The number of alkyl halides is 1. The lowest BCUT2D eigenvalue weighted by atomic mass is 10.2. The van der Waals surface area contributed by atoms with E-state index >= 15 is 0 Å². The fraction of sp³-hybridized carbons (Fsp3) is 1.00. The highest BCUT2D eigenvalue weighted by atomic mass is 35.5. The molecule has 0 aliphatic carbocycles. The first kappa shape index (κ1) is 12.4. The quantitative estimate of drug-likeness (QED) is 0.365. The second kappa shape index (κ2) is 4.42. The highest BCUT2D eigenvalue weighted by Gasteiger charge is 2.42. The van der Waals surface area contributed by atoms with E-state index in [0.717, 1.165) is 0 Å². The molecule has 0 bridgehead atoms. The highest BCUT2D eigenvalue weighted by Crippen LogP contribution is 2.37. The van der Waals surface area contributed by atoms with Gasteiger partial charge in [-0.05, 0) is 0 Å². The van der Waals surface area contributed by atoms with Crippen LogP contribution in [0.15, 0.2) is 0 Å². The first-order valence-corrected chi connectivity index (χ1v) is 5.63. The van der Waals surface area contributed by atoms with Gasteiger partial charge in [0, 0.05) is 0 Å². The minimum Gasteiger partial charge on any atom is -0.387 e. The van der Waals surface area contributed by atoms with Gasteiger partial charge in [0.1, 0.15) is 18.3 Å². The summed E-state index contributed by atoms with van der Waals surface area (Å²) >= 11 is 5.42. The Morgan fingerprint density at radius 1 is 1.36 bits per heavy atom. The monoisotopic (exact) mass is 248 g/mol. The molecule has 0 saturated carbocycles. The van der Waals surface area contributed by atoms with Gasteiger partial charge in [0.25, 0.3) is 0 Å². The van der Waals surface area contributed by atoms with Crippen LogP contribution in [0.3, 0.4) is 0 Å². The molecule has 1 unspecified atom stereocenters. The minimum atomic E-state index is -4.60. The molecule has 0 aromatic rings. The van der Waals surface area contributed by atoms with Crippen LogP contribution in [0.5, 0.6) is 0 Å². The van der Waals surface area contributed by atoms with Crippen LogP contribution in [0.2, 0.25) is 0 Å². The van der Waals surface area contributed by atoms with Crippen molar-refractivity contribution in [1.82, 2.24) is 0 Å². The molecule has 4 atom stereocenters. The zero-order valence-corrected chi connectivity index (χ0v) is 8.51. The molecule has 84 valence electrons. The molecule has 0 aromatic heterocycles. The second-order valence-corrected chi connectivity index (χ2v) is 4.46. The predicted molar refractivity (Wildman–Crippen MR) is 44.5 cm³/mol. The Hall–Kier alpha value is 0.280. The summed E-state index contributed by atoms with van der Waals surface area (Å²) in [7, 11) is -4.60. The number of phosphoric ester groups is 1. The van der Waals surface area contributed by atoms with Gasteiger partial charge in [-0.2, -0.15) is 0 Å². The van der Waals surface area contributed by atoms with Crippen molar-refractivity contribution in [3.05, 3.63) is 0 Å².